The number of para-hydroxylation sites is 1. The lowest BCUT2D eigenvalue weighted by molar-refractivity contribution is 0.299. The number of pyridine rings is 1. The van der Waals surface area contributed by atoms with Gasteiger partial charge >= 0.3 is 0 Å². The molecule has 0 atom stereocenters. The number of hydrogen-bond acceptors (Lipinski definition) is 2. The van der Waals surface area contributed by atoms with Gasteiger partial charge in [0.15, 0.2) is 0 Å². The average molecular weight is 299 g/mol. The molecule has 0 aliphatic carbocycles. The van der Waals surface area contributed by atoms with E-state index in [4.69, 9.17) is 16.3 Å². The van der Waals surface area contributed by atoms with Crippen molar-refractivity contribution in [3.63, 3.8) is 0 Å². The molecule has 2 nitrogen and oxygen atoms in total. The fraction of sp³-hybridized carbons (Fsp3) is 0.0833. The van der Waals surface area contributed by atoms with E-state index in [0.29, 0.717) is 11.8 Å². The molecule has 0 spiro atoms. The molecule has 16 heavy (non-hydrogen) atoms. The molecule has 4 heteroatoms. The Kier molecular flexibility index (Phi) is 3.80. The van der Waals surface area contributed by atoms with Crippen LogP contribution in [0.25, 0.3) is 0 Å². The van der Waals surface area contributed by atoms with Crippen LogP contribution in [0, 0.1) is 0 Å². The van der Waals surface area contributed by atoms with E-state index in [2.05, 4.69) is 20.9 Å². The zero-order chi connectivity index (χ0) is 11.4. The fourth-order valence-corrected chi connectivity index (χ4v) is 1.82. The Balaban J connectivity index is 2.05. The van der Waals surface area contributed by atoms with Gasteiger partial charge in [-0.05, 0) is 40.2 Å². The standard InChI is InChI=1S/C12H9BrClNO/c13-10-5-1-2-6-11(10)16-8-9-4-3-7-12(14)15-9/h1-7H,8H2. The third kappa shape index (κ3) is 2.97. The number of aromatic nitrogens is 1. The second-order valence-electron chi connectivity index (χ2n) is 3.17. The first kappa shape index (κ1) is 11.4. The number of hydrogen-bond donors (Lipinski definition) is 0. The Bertz CT molecular complexity index is 490. The first-order chi connectivity index (χ1) is 7.75. The van der Waals surface area contributed by atoms with Crippen LogP contribution in [0.4, 0.5) is 0 Å². The summed E-state index contributed by atoms with van der Waals surface area (Å²) < 4.78 is 6.54. The van der Waals surface area contributed by atoms with Gasteiger partial charge in [-0.25, -0.2) is 4.98 Å². The Morgan fingerprint density at radius 3 is 2.69 bits per heavy atom. The summed E-state index contributed by atoms with van der Waals surface area (Å²) in [5.41, 5.74) is 0.809. The van der Waals surface area contributed by atoms with Crippen molar-refractivity contribution in [3.8, 4) is 5.75 Å². The highest BCUT2D eigenvalue weighted by Crippen LogP contribution is 2.24. The Hall–Kier alpha value is -1.06. The van der Waals surface area contributed by atoms with Crippen LogP contribution in [0.2, 0.25) is 5.15 Å². The predicted octanol–water partition coefficient (Wildman–Crippen LogP) is 4.08. The highest BCUT2D eigenvalue weighted by Gasteiger charge is 2.01. The maximum Gasteiger partial charge on any atom is 0.134 e. The number of halogens is 2. The minimum Gasteiger partial charge on any atom is -0.486 e. The molecule has 1 heterocycles. The van der Waals surface area contributed by atoms with Gasteiger partial charge in [0.25, 0.3) is 0 Å². The van der Waals surface area contributed by atoms with E-state index in [1.165, 1.54) is 0 Å². The summed E-state index contributed by atoms with van der Waals surface area (Å²) in [6.45, 7) is 0.406. The molecule has 2 rings (SSSR count). The molecular formula is C12H9BrClNO. The quantitative estimate of drug-likeness (QED) is 0.797. The average Bonchev–Trinajstić information content (AvgIpc) is 2.28. The van der Waals surface area contributed by atoms with Crippen LogP contribution in [-0.4, -0.2) is 4.98 Å². The minimum atomic E-state index is 0.406. The molecule has 0 bridgehead atoms. The van der Waals surface area contributed by atoms with Gasteiger partial charge in [0.2, 0.25) is 0 Å². The van der Waals surface area contributed by atoms with Crippen LogP contribution < -0.4 is 4.74 Å². The summed E-state index contributed by atoms with van der Waals surface area (Å²) in [6, 6.07) is 13.2. The second-order valence-corrected chi connectivity index (χ2v) is 4.41. The fourth-order valence-electron chi connectivity index (χ4n) is 1.24. The van der Waals surface area contributed by atoms with E-state index in [-0.39, 0.29) is 0 Å². The van der Waals surface area contributed by atoms with E-state index in [1.807, 2.05) is 36.4 Å². The van der Waals surface area contributed by atoms with E-state index < -0.39 is 0 Å². The van der Waals surface area contributed by atoms with Gasteiger partial charge in [0.05, 0.1) is 10.2 Å². The summed E-state index contributed by atoms with van der Waals surface area (Å²) in [4.78, 5) is 4.14. The molecule has 0 aliphatic heterocycles. The number of rotatable bonds is 3. The third-order valence-electron chi connectivity index (χ3n) is 1.98. The van der Waals surface area contributed by atoms with Crippen molar-refractivity contribution >= 4 is 27.5 Å². The molecule has 0 radical (unpaired) electrons. The van der Waals surface area contributed by atoms with Gasteiger partial charge in [-0.15, -0.1) is 0 Å². The Morgan fingerprint density at radius 1 is 1.12 bits per heavy atom. The molecule has 0 saturated heterocycles. The molecule has 82 valence electrons. The lowest BCUT2D eigenvalue weighted by atomic mass is 10.3. The van der Waals surface area contributed by atoms with Gasteiger partial charge in [-0.3, -0.25) is 0 Å². The van der Waals surface area contributed by atoms with Crippen LogP contribution in [-0.2, 0) is 6.61 Å². The molecule has 2 aromatic rings. The van der Waals surface area contributed by atoms with Crippen molar-refractivity contribution in [1.29, 1.82) is 0 Å². The monoisotopic (exact) mass is 297 g/mol. The molecule has 0 fully saturated rings. The summed E-state index contributed by atoms with van der Waals surface area (Å²) in [6.07, 6.45) is 0. The molecular weight excluding hydrogens is 289 g/mol. The largest absolute Gasteiger partial charge is 0.486 e. The molecule has 1 aromatic heterocycles. The van der Waals surface area contributed by atoms with Crippen molar-refractivity contribution < 1.29 is 4.74 Å². The van der Waals surface area contributed by atoms with Crippen LogP contribution >= 0.6 is 27.5 Å². The topological polar surface area (TPSA) is 22.1 Å². The van der Waals surface area contributed by atoms with Gasteiger partial charge in [0.1, 0.15) is 17.5 Å². The third-order valence-corrected chi connectivity index (χ3v) is 2.85. The van der Waals surface area contributed by atoms with Gasteiger partial charge in [-0.2, -0.15) is 0 Å². The second kappa shape index (κ2) is 5.32. The number of ether oxygens (including phenoxy) is 1. The molecule has 0 N–H and O–H groups in total. The SMILES string of the molecule is Clc1cccc(COc2ccccc2Br)n1. The zero-order valence-corrected chi connectivity index (χ0v) is 10.7. The van der Waals surface area contributed by atoms with E-state index in [0.717, 1.165) is 15.9 Å². The Labute approximate surface area is 107 Å². The first-order valence-electron chi connectivity index (χ1n) is 4.74. The highest BCUT2D eigenvalue weighted by atomic mass is 79.9. The molecule has 0 unspecified atom stereocenters. The molecule has 0 saturated carbocycles. The molecule has 1 aromatic carbocycles. The maximum atomic E-state index is 5.78. The van der Waals surface area contributed by atoms with E-state index >= 15 is 0 Å². The van der Waals surface area contributed by atoms with Crippen molar-refractivity contribution in [3.05, 3.63) is 57.8 Å². The Morgan fingerprint density at radius 2 is 1.94 bits per heavy atom. The van der Waals surface area contributed by atoms with Crippen molar-refractivity contribution in [2.24, 2.45) is 0 Å². The number of benzene rings is 1. The summed E-state index contributed by atoms with van der Waals surface area (Å²) in [5, 5.41) is 0.480. The lowest BCUT2D eigenvalue weighted by Crippen LogP contribution is -1.98. The van der Waals surface area contributed by atoms with Crippen LogP contribution in [0.15, 0.2) is 46.9 Å². The smallest absolute Gasteiger partial charge is 0.134 e. The highest BCUT2D eigenvalue weighted by molar-refractivity contribution is 9.10. The van der Waals surface area contributed by atoms with Gasteiger partial charge in [0, 0.05) is 0 Å². The summed E-state index contributed by atoms with van der Waals surface area (Å²) in [7, 11) is 0. The van der Waals surface area contributed by atoms with Crippen molar-refractivity contribution in [2.45, 2.75) is 6.61 Å². The molecule has 0 amide bonds. The predicted molar refractivity (Wildman–Crippen MR) is 67.7 cm³/mol. The van der Waals surface area contributed by atoms with Gasteiger partial charge < -0.3 is 4.74 Å². The first-order valence-corrected chi connectivity index (χ1v) is 5.91. The number of nitrogens with zero attached hydrogens (tertiary/aromatic N) is 1. The lowest BCUT2D eigenvalue weighted by Gasteiger charge is -2.07. The zero-order valence-electron chi connectivity index (χ0n) is 8.36. The van der Waals surface area contributed by atoms with Crippen LogP contribution in [0.5, 0.6) is 5.75 Å². The summed E-state index contributed by atoms with van der Waals surface area (Å²) in [5.74, 6) is 0.796. The van der Waals surface area contributed by atoms with Crippen molar-refractivity contribution in [2.75, 3.05) is 0 Å². The minimum absolute atomic E-state index is 0.406. The van der Waals surface area contributed by atoms with E-state index in [1.54, 1.807) is 6.07 Å². The normalized spacial score (nSPS) is 10.1. The van der Waals surface area contributed by atoms with Crippen molar-refractivity contribution in [1.82, 2.24) is 4.98 Å². The van der Waals surface area contributed by atoms with Crippen LogP contribution in [0.1, 0.15) is 5.69 Å². The van der Waals surface area contributed by atoms with Crippen LogP contribution in [0.3, 0.4) is 0 Å². The van der Waals surface area contributed by atoms with Gasteiger partial charge in [-0.1, -0.05) is 29.8 Å². The van der Waals surface area contributed by atoms with E-state index in [9.17, 15) is 0 Å². The molecule has 0 aliphatic rings. The maximum absolute atomic E-state index is 5.78. The summed E-state index contributed by atoms with van der Waals surface area (Å²) >= 11 is 9.19.